The topological polar surface area (TPSA) is 97.6 Å². The van der Waals surface area contributed by atoms with E-state index < -0.39 is 0 Å². The van der Waals surface area contributed by atoms with Crippen molar-refractivity contribution in [1.82, 2.24) is 20.2 Å². The maximum atomic E-state index is 12.8. The average molecular weight is 372 g/mol. The highest BCUT2D eigenvalue weighted by Crippen LogP contribution is 2.15. The molecule has 0 saturated carbocycles. The van der Waals surface area contributed by atoms with E-state index in [0.29, 0.717) is 25.5 Å². The Bertz CT molecular complexity index is 740. The first kappa shape index (κ1) is 19.0. The summed E-state index contributed by atoms with van der Waals surface area (Å²) in [6.07, 6.45) is 6.68. The molecule has 144 valence electrons. The van der Waals surface area contributed by atoms with Gasteiger partial charge in [0.25, 0.3) is 5.91 Å². The molecule has 1 saturated heterocycles. The Morgan fingerprint density at radius 1 is 1.33 bits per heavy atom. The molecule has 3 rings (SSSR count). The third kappa shape index (κ3) is 5.62. The number of aryl methyl sites for hydroxylation is 1. The normalized spacial score (nSPS) is 16.3. The number of amides is 2. The number of nitrogens with one attached hydrogen (secondary N) is 1. The van der Waals surface area contributed by atoms with Crippen LogP contribution in [0.15, 0.2) is 35.2 Å². The van der Waals surface area contributed by atoms with Gasteiger partial charge in [-0.25, -0.2) is 4.98 Å². The van der Waals surface area contributed by atoms with E-state index in [2.05, 4.69) is 15.3 Å². The molecule has 1 atom stereocenters. The number of nitrogens with zero attached hydrogens (tertiary/aromatic N) is 3. The van der Waals surface area contributed by atoms with E-state index >= 15 is 0 Å². The minimum Gasteiger partial charge on any atom is -0.467 e. The fourth-order valence-electron chi connectivity index (χ4n) is 2.90. The first-order valence-corrected chi connectivity index (χ1v) is 9.10. The van der Waals surface area contributed by atoms with Crippen LogP contribution in [0.1, 0.15) is 41.2 Å². The van der Waals surface area contributed by atoms with E-state index in [-0.39, 0.29) is 36.6 Å². The van der Waals surface area contributed by atoms with E-state index in [1.807, 2.05) is 6.92 Å². The third-order valence-corrected chi connectivity index (χ3v) is 4.38. The summed E-state index contributed by atoms with van der Waals surface area (Å²) in [5.41, 5.74) is 1.02. The fraction of sp³-hybridized carbons (Fsp3) is 0.474. The molecule has 1 N–H and O–H groups in total. The van der Waals surface area contributed by atoms with Crippen LogP contribution in [0.2, 0.25) is 0 Å². The van der Waals surface area contributed by atoms with Crippen LogP contribution in [0.3, 0.4) is 0 Å². The summed E-state index contributed by atoms with van der Waals surface area (Å²) in [6.45, 7) is 3.59. The van der Waals surface area contributed by atoms with Crippen molar-refractivity contribution >= 4 is 11.8 Å². The van der Waals surface area contributed by atoms with Crippen molar-refractivity contribution in [2.75, 3.05) is 19.7 Å². The second kappa shape index (κ2) is 9.27. The van der Waals surface area contributed by atoms with Gasteiger partial charge < -0.3 is 19.4 Å². The number of furan rings is 1. The molecule has 8 heteroatoms. The van der Waals surface area contributed by atoms with Crippen LogP contribution in [-0.4, -0.2) is 52.5 Å². The van der Waals surface area contributed by atoms with Crippen LogP contribution < -0.4 is 5.32 Å². The molecule has 27 heavy (non-hydrogen) atoms. The molecule has 0 aromatic carbocycles. The van der Waals surface area contributed by atoms with Gasteiger partial charge in [-0.15, -0.1) is 0 Å². The maximum Gasteiger partial charge on any atom is 0.274 e. The number of rotatable bonds is 8. The van der Waals surface area contributed by atoms with E-state index in [0.717, 1.165) is 18.5 Å². The SMILES string of the molecule is Cc1cnc(C(=O)N(CCC(=O)NCc2ccco2)C[C@@H]2CCCO2)cn1. The Hall–Kier alpha value is -2.74. The number of carbonyl (C=O) groups excluding carboxylic acids is 2. The molecule has 0 unspecified atom stereocenters. The van der Waals surface area contributed by atoms with E-state index in [1.165, 1.54) is 6.20 Å². The second-order valence-electron chi connectivity index (χ2n) is 6.54. The molecular formula is C19H24N4O4. The first-order valence-electron chi connectivity index (χ1n) is 9.10. The zero-order valence-electron chi connectivity index (χ0n) is 15.4. The van der Waals surface area contributed by atoms with E-state index in [4.69, 9.17) is 9.15 Å². The summed E-state index contributed by atoms with van der Waals surface area (Å²) in [5, 5.41) is 2.79. The molecule has 2 aromatic rings. The molecule has 2 amide bonds. The standard InChI is InChI=1S/C19H24N4O4/c1-14-10-21-17(12-20-14)19(25)23(13-16-5-3-9-27-16)7-6-18(24)22-11-15-4-2-8-26-15/h2,4,8,10,12,16H,3,5-7,9,11,13H2,1H3,(H,22,24)/t16-/m0/s1. The lowest BCUT2D eigenvalue weighted by atomic mass is 10.2. The highest BCUT2D eigenvalue weighted by atomic mass is 16.5. The van der Waals surface area contributed by atoms with Crippen molar-refractivity contribution in [3.63, 3.8) is 0 Å². The van der Waals surface area contributed by atoms with Crippen molar-refractivity contribution in [3.8, 4) is 0 Å². The molecule has 8 nitrogen and oxygen atoms in total. The van der Waals surface area contributed by atoms with Crippen molar-refractivity contribution in [1.29, 1.82) is 0 Å². The highest BCUT2D eigenvalue weighted by molar-refractivity contribution is 5.92. The van der Waals surface area contributed by atoms with Gasteiger partial charge in [0.1, 0.15) is 11.5 Å². The van der Waals surface area contributed by atoms with Gasteiger partial charge in [-0.1, -0.05) is 0 Å². The molecule has 2 aromatic heterocycles. The quantitative estimate of drug-likeness (QED) is 0.757. The molecule has 1 aliphatic rings. The lowest BCUT2D eigenvalue weighted by molar-refractivity contribution is -0.121. The van der Waals surface area contributed by atoms with Crippen LogP contribution in [0, 0.1) is 6.92 Å². The maximum absolute atomic E-state index is 12.8. The smallest absolute Gasteiger partial charge is 0.274 e. The summed E-state index contributed by atoms with van der Waals surface area (Å²) in [4.78, 5) is 34.9. The van der Waals surface area contributed by atoms with Crippen molar-refractivity contribution < 1.29 is 18.7 Å². The molecule has 0 aliphatic carbocycles. The lowest BCUT2D eigenvalue weighted by Crippen LogP contribution is -2.40. The van der Waals surface area contributed by atoms with E-state index in [9.17, 15) is 9.59 Å². The number of aromatic nitrogens is 2. The van der Waals surface area contributed by atoms with Gasteiger partial charge in [0.05, 0.1) is 30.8 Å². The van der Waals surface area contributed by atoms with Gasteiger partial charge in [0.15, 0.2) is 0 Å². The second-order valence-corrected chi connectivity index (χ2v) is 6.54. The zero-order chi connectivity index (χ0) is 19.1. The van der Waals surface area contributed by atoms with Gasteiger partial charge in [-0.2, -0.15) is 0 Å². The van der Waals surface area contributed by atoms with Crippen LogP contribution in [0.4, 0.5) is 0 Å². The molecule has 0 bridgehead atoms. The largest absolute Gasteiger partial charge is 0.467 e. The molecule has 0 radical (unpaired) electrons. The van der Waals surface area contributed by atoms with E-state index in [1.54, 1.807) is 29.5 Å². The number of carbonyl (C=O) groups is 2. The molecule has 1 aliphatic heterocycles. The van der Waals surface area contributed by atoms with Crippen molar-refractivity contribution in [3.05, 3.63) is 47.9 Å². The summed E-state index contributed by atoms with van der Waals surface area (Å²) >= 11 is 0. The Kier molecular flexibility index (Phi) is 6.54. The lowest BCUT2D eigenvalue weighted by Gasteiger charge is -2.25. The Labute approximate surface area is 157 Å². The predicted octanol–water partition coefficient (Wildman–Crippen LogP) is 1.71. The summed E-state index contributed by atoms with van der Waals surface area (Å²) in [7, 11) is 0. The summed E-state index contributed by atoms with van der Waals surface area (Å²) in [5.74, 6) is 0.300. The van der Waals surface area contributed by atoms with Crippen LogP contribution in [-0.2, 0) is 16.1 Å². The fourth-order valence-corrected chi connectivity index (χ4v) is 2.90. The summed E-state index contributed by atoms with van der Waals surface area (Å²) < 4.78 is 10.8. The Morgan fingerprint density at radius 2 is 2.22 bits per heavy atom. The third-order valence-electron chi connectivity index (χ3n) is 4.38. The average Bonchev–Trinajstić information content (AvgIpc) is 3.37. The van der Waals surface area contributed by atoms with Crippen molar-refractivity contribution in [2.45, 2.75) is 38.8 Å². The van der Waals surface area contributed by atoms with Gasteiger partial charge in [0, 0.05) is 32.3 Å². The minimum absolute atomic E-state index is 0.00135. The minimum atomic E-state index is -0.239. The highest BCUT2D eigenvalue weighted by Gasteiger charge is 2.24. The van der Waals surface area contributed by atoms with Gasteiger partial charge in [0.2, 0.25) is 5.91 Å². The first-order chi connectivity index (χ1) is 13.1. The number of ether oxygens (including phenoxy) is 1. The van der Waals surface area contributed by atoms with Gasteiger partial charge in [-0.05, 0) is 31.9 Å². The zero-order valence-corrected chi connectivity index (χ0v) is 15.4. The Balaban J connectivity index is 1.57. The molecule has 3 heterocycles. The molecular weight excluding hydrogens is 348 g/mol. The van der Waals surface area contributed by atoms with Crippen LogP contribution in [0.5, 0.6) is 0 Å². The van der Waals surface area contributed by atoms with Crippen molar-refractivity contribution in [2.24, 2.45) is 0 Å². The molecule has 0 spiro atoms. The van der Waals surface area contributed by atoms with Gasteiger partial charge in [-0.3, -0.25) is 14.6 Å². The van der Waals surface area contributed by atoms with Crippen LogP contribution in [0.25, 0.3) is 0 Å². The van der Waals surface area contributed by atoms with Gasteiger partial charge >= 0.3 is 0 Å². The summed E-state index contributed by atoms with van der Waals surface area (Å²) in [6, 6.07) is 3.57. The molecule has 1 fully saturated rings. The number of hydrogen-bond donors (Lipinski definition) is 1. The Morgan fingerprint density at radius 3 is 2.89 bits per heavy atom. The predicted molar refractivity (Wildman–Crippen MR) is 96.8 cm³/mol. The number of hydrogen-bond acceptors (Lipinski definition) is 6. The van der Waals surface area contributed by atoms with Crippen LogP contribution >= 0.6 is 0 Å². The monoisotopic (exact) mass is 372 g/mol.